The Labute approximate surface area is 245 Å². The Kier molecular flexibility index (Phi) is 9.08. The van der Waals surface area contributed by atoms with Crippen LogP contribution < -0.4 is 5.32 Å². The molecule has 216 valence electrons. The number of rotatable bonds is 8. The molecule has 0 bridgehead atoms. The molecule has 0 atom stereocenters. The highest BCUT2D eigenvalue weighted by atomic mass is 16.7. The van der Waals surface area contributed by atoms with Crippen LogP contribution in [-0.2, 0) is 16.2 Å². The first-order chi connectivity index (χ1) is 20.4. The van der Waals surface area contributed by atoms with E-state index in [1.54, 1.807) is 6.08 Å². The fourth-order valence-electron chi connectivity index (χ4n) is 5.10. The smallest absolute Gasteiger partial charge is 0.410 e. The zero-order valence-electron chi connectivity index (χ0n) is 23.6. The Hall–Kier alpha value is -4.76. The van der Waals surface area contributed by atoms with E-state index in [9.17, 15) is 19.5 Å². The average molecular weight is 567 g/mol. The molecule has 2 aliphatic heterocycles. The van der Waals surface area contributed by atoms with E-state index < -0.39 is 6.09 Å². The van der Waals surface area contributed by atoms with Gasteiger partial charge in [-0.15, -0.1) is 0 Å². The SMILES string of the molecule is CCCN(OCc1ccccc1)C(=O)C1=Cc2ccc(-c3ccc(C(=O)N4CCCC4)cc3)cc2N=C(NC(=O)O)C1. The van der Waals surface area contributed by atoms with Gasteiger partial charge in [-0.1, -0.05) is 61.5 Å². The lowest BCUT2D eigenvalue weighted by atomic mass is 10.00. The first-order valence-corrected chi connectivity index (χ1v) is 14.2. The minimum atomic E-state index is -1.26. The van der Waals surface area contributed by atoms with E-state index in [2.05, 4.69) is 10.3 Å². The molecule has 0 aromatic heterocycles. The van der Waals surface area contributed by atoms with E-state index in [0.29, 0.717) is 35.4 Å². The molecule has 2 aliphatic rings. The lowest BCUT2D eigenvalue weighted by Gasteiger charge is -2.23. The molecule has 2 N–H and O–H groups in total. The van der Waals surface area contributed by atoms with Crippen molar-refractivity contribution in [2.45, 2.75) is 39.2 Å². The lowest BCUT2D eigenvalue weighted by molar-refractivity contribution is -0.187. The number of nitrogens with one attached hydrogen (secondary N) is 1. The van der Waals surface area contributed by atoms with Crippen LogP contribution in [0.5, 0.6) is 0 Å². The van der Waals surface area contributed by atoms with Gasteiger partial charge in [-0.2, -0.15) is 0 Å². The van der Waals surface area contributed by atoms with Gasteiger partial charge in [0.05, 0.1) is 5.69 Å². The van der Waals surface area contributed by atoms with Crippen LogP contribution >= 0.6 is 0 Å². The molecule has 0 spiro atoms. The van der Waals surface area contributed by atoms with Gasteiger partial charge in [0.1, 0.15) is 12.4 Å². The van der Waals surface area contributed by atoms with Crippen LogP contribution in [-0.4, -0.2) is 58.4 Å². The molecule has 0 aliphatic carbocycles. The van der Waals surface area contributed by atoms with Crippen molar-refractivity contribution in [3.8, 4) is 11.1 Å². The quantitative estimate of drug-likeness (QED) is 0.323. The molecule has 1 saturated heterocycles. The van der Waals surface area contributed by atoms with Crippen molar-refractivity contribution in [1.82, 2.24) is 15.3 Å². The second-order valence-corrected chi connectivity index (χ2v) is 10.4. The van der Waals surface area contributed by atoms with Gasteiger partial charge in [-0.25, -0.2) is 14.9 Å². The van der Waals surface area contributed by atoms with Crippen molar-refractivity contribution >= 4 is 35.5 Å². The number of hydroxylamine groups is 2. The van der Waals surface area contributed by atoms with E-state index in [4.69, 9.17) is 4.84 Å². The summed E-state index contributed by atoms with van der Waals surface area (Å²) in [5, 5.41) is 13.1. The van der Waals surface area contributed by atoms with Crippen LogP contribution in [0.25, 0.3) is 17.2 Å². The number of carbonyl (C=O) groups is 3. The summed E-state index contributed by atoms with van der Waals surface area (Å²) in [6, 6.07) is 22.7. The summed E-state index contributed by atoms with van der Waals surface area (Å²) < 4.78 is 0. The molecule has 0 unspecified atom stereocenters. The predicted octanol–water partition coefficient (Wildman–Crippen LogP) is 6.04. The second-order valence-electron chi connectivity index (χ2n) is 10.4. The van der Waals surface area contributed by atoms with Gasteiger partial charge in [0, 0.05) is 42.8 Å². The number of amides is 3. The van der Waals surface area contributed by atoms with Crippen molar-refractivity contribution in [3.63, 3.8) is 0 Å². The molecule has 9 nitrogen and oxygen atoms in total. The first-order valence-electron chi connectivity index (χ1n) is 14.2. The van der Waals surface area contributed by atoms with Gasteiger partial charge >= 0.3 is 6.09 Å². The number of benzene rings is 3. The molecule has 0 radical (unpaired) electrons. The third-order valence-corrected chi connectivity index (χ3v) is 7.24. The highest BCUT2D eigenvalue weighted by molar-refractivity contribution is 6.08. The third-order valence-electron chi connectivity index (χ3n) is 7.24. The zero-order chi connectivity index (χ0) is 29.5. The summed E-state index contributed by atoms with van der Waals surface area (Å²) in [6.07, 6.45) is 3.24. The van der Waals surface area contributed by atoms with Gasteiger partial charge < -0.3 is 10.0 Å². The standard InChI is InChI=1S/C33H34N4O5/c1-2-16-37(42-22-23-8-4-3-5-9-23)32(39)28-19-27-15-14-26(20-29(27)34-30(21-28)35-33(40)41)24-10-12-25(13-11-24)31(38)36-17-6-7-18-36/h3-5,8-15,19-20H,2,6-7,16-18,21-22H2,1H3,(H,34,35)(H,40,41). The molecular weight excluding hydrogens is 532 g/mol. The van der Waals surface area contributed by atoms with Crippen LogP contribution in [0.15, 0.2) is 83.4 Å². The van der Waals surface area contributed by atoms with E-state index >= 15 is 0 Å². The van der Waals surface area contributed by atoms with Crippen LogP contribution in [0, 0.1) is 0 Å². The summed E-state index contributed by atoms with van der Waals surface area (Å²) in [4.78, 5) is 50.3. The van der Waals surface area contributed by atoms with Crippen LogP contribution in [0.3, 0.4) is 0 Å². The molecule has 2 heterocycles. The number of nitrogens with zero attached hydrogens (tertiary/aromatic N) is 3. The van der Waals surface area contributed by atoms with Crippen molar-refractivity contribution < 1.29 is 24.3 Å². The number of carboxylic acid groups (broad SMARTS) is 1. The van der Waals surface area contributed by atoms with Gasteiger partial charge in [-0.05, 0) is 60.2 Å². The highest BCUT2D eigenvalue weighted by Crippen LogP contribution is 2.33. The topological polar surface area (TPSA) is 112 Å². The van der Waals surface area contributed by atoms with E-state index in [-0.39, 0.29) is 30.7 Å². The number of carbonyl (C=O) groups excluding carboxylic acids is 2. The summed E-state index contributed by atoms with van der Waals surface area (Å²) >= 11 is 0. The zero-order valence-corrected chi connectivity index (χ0v) is 23.6. The van der Waals surface area contributed by atoms with Gasteiger partial charge in [-0.3, -0.25) is 19.7 Å². The molecule has 42 heavy (non-hydrogen) atoms. The van der Waals surface area contributed by atoms with Crippen molar-refractivity contribution in [2.75, 3.05) is 19.6 Å². The molecule has 3 aromatic rings. The number of aliphatic imine (C=N–C) groups is 1. The molecule has 3 aromatic carbocycles. The molecule has 5 rings (SSSR count). The third kappa shape index (κ3) is 6.92. The monoisotopic (exact) mass is 566 g/mol. The second kappa shape index (κ2) is 13.3. The number of amidine groups is 1. The lowest BCUT2D eigenvalue weighted by Crippen LogP contribution is -2.35. The van der Waals surface area contributed by atoms with Crippen LogP contribution in [0.4, 0.5) is 10.5 Å². The van der Waals surface area contributed by atoms with E-state index in [0.717, 1.165) is 42.6 Å². The minimum Gasteiger partial charge on any atom is -0.465 e. The van der Waals surface area contributed by atoms with Crippen LogP contribution in [0.1, 0.15) is 54.1 Å². The normalized spacial score (nSPS) is 14.4. The van der Waals surface area contributed by atoms with Crippen LogP contribution in [0.2, 0.25) is 0 Å². The maximum atomic E-state index is 13.6. The van der Waals surface area contributed by atoms with Gasteiger partial charge in [0.2, 0.25) is 0 Å². The van der Waals surface area contributed by atoms with Crippen molar-refractivity contribution in [2.24, 2.45) is 4.99 Å². The Balaban J connectivity index is 1.41. The maximum Gasteiger partial charge on any atom is 0.410 e. The van der Waals surface area contributed by atoms with E-state index in [1.807, 2.05) is 84.6 Å². The number of likely N-dealkylation sites (tertiary alicyclic amines) is 1. The summed E-state index contributed by atoms with van der Waals surface area (Å²) in [6.45, 7) is 4.16. The number of hydrogen-bond donors (Lipinski definition) is 2. The molecule has 9 heteroatoms. The highest BCUT2D eigenvalue weighted by Gasteiger charge is 2.24. The fourth-order valence-corrected chi connectivity index (χ4v) is 5.10. The van der Waals surface area contributed by atoms with Gasteiger partial charge in [0.15, 0.2) is 0 Å². The summed E-state index contributed by atoms with van der Waals surface area (Å²) in [7, 11) is 0. The largest absolute Gasteiger partial charge is 0.465 e. The molecule has 3 amide bonds. The van der Waals surface area contributed by atoms with Crippen molar-refractivity contribution in [3.05, 3.63) is 95.1 Å². The maximum absolute atomic E-state index is 13.6. The Morgan fingerprint density at radius 3 is 2.38 bits per heavy atom. The van der Waals surface area contributed by atoms with E-state index in [1.165, 1.54) is 5.06 Å². The fraction of sp³-hybridized carbons (Fsp3) is 0.273. The number of hydrogen-bond acceptors (Lipinski definition) is 5. The summed E-state index contributed by atoms with van der Waals surface area (Å²) in [5.41, 5.74) is 4.91. The Morgan fingerprint density at radius 1 is 0.976 bits per heavy atom. The number of fused-ring (bicyclic) bond motifs is 1. The Morgan fingerprint density at radius 2 is 1.69 bits per heavy atom. The molecular formula is C33H34N4O5. The Bertz CT molecular complexity index is 1510. The van der Waals surface area contributed by atoms with Gasteiger partial charge in [0.25, 0.3) is 11.8 Å². The molecule has 0 saturated carbocycles. The van der Waals surface area contributed by atoms with Crippen molar-refractivity contribution in [1.29, 1.82) is 0 Å². The predicted molar refractivity (Wildman–Crippen MR) is 161 cm³/mol. The average Bonchev–Trinajstić information content (AvgIpc) is 3.48. The minimum absolute atomic E-state index is 0.00261. The summed E-state index contributed by atoms with van der Waals surface area (Å²) in [5.74, 6) is -0.158. The first kappa shape index (κ1) is 28.8. The molecule has 1 fully saturated rings.